The number of nitrogens with one attached hydrogen (secondary N) is 2. The van der Waals surface area contributed by atoms with Gasteiger partial charge in [-0.25, -0.2) is 16.8 Å². The molecule has 2 N–H and O–H groups in total. The molecule has 8 nitrogen and oxygen atoms in total. The predicted molar refractivity (Wildman–Crippen MR) is 105 cm³/mol. The normalized spacial score (nSPS) is 22.1. The number of amides is 1. The summed E-state index contributed by atoms with van der Waals surface area (Å²) in [6, 6.07) is 5.16. The molecule has 27 heavy (non-hydrogen) atoms. The molecule has 1 saturated heterocycles. The standard InChI is InChI=1S/C17H27N3O5S2/c1-13(21)19-14-5-7-15(8-6-14)27(24,25)17-12-26(22,23)11-16(17)18-9-4-10-20(2)3/h5-8,16-18H,4,9-12H2,1-3H3,(H,19,21)/t16-,17-/m0/s1. The second kappa shape index (κ2) is 8.68. The maximum Gasteiger partial charge on any atom is 0.221 e. The van der Waals surface area contributed by atoms with Gasteiger partial charge in [0.25, 0.3) is 0 Å². The number of sulfone groups is 2. The van der Waals surface area contributed by atoms with E-state index < -0.39 is 31.0 Å². The van der Waals surface area contributed by atoms with Crippen LogP contribution in [-0.4, -0.2) is 77.6 Å². The fraction of sp³-hybridized carbons (Fsp3) is 0.588. The van der Waals surface area contributed by atoms with Crippen LogP contribution in [0.1, 0.15) is 13.3 Å². The summed E-state index contributed by atoms with van der Waals surface area (Å²) in [6.45, 7) is 2.74. The first kappa shape index (κ1) is 21.8. The lowest BCUT2D eigenvalue weighted by Gasteiger charge is -2.20. The molecular weight excluding hydrogens is 390 g/mol. The van der Waals surface area contributed by atoms with Gasteiger partial charge in [0.2, 0.25) is 5.91 Å². The average molecular weight is 418 g/mol. The Morgan fingerprint density at radius 3 is 2.37 bits per heavy atom. The largest absolute Gasteiger partial charge is 0.326 e. The summed E-state index contributed by atoms with van der Waals surface area (Å²) in [5, 5.41) is 4.67. The monoisotopic (exact) mass is 417 g/mol. The second-order valence-corrected chi connectivity index (χ2v) is 11.4. The third kappa shape index (κ3) is 6.00. The molecule has 1 aromatic carbocycles. The molecule has 1 aliphatic rings. The molecule has 10 heteroatoms. The van der Waals surface area contributed by atoms with Crippen LogP contribution in [0.5, 0.6) is 0 Å². The average Bonchev–Trinajstić information content (AvgIpc) is 2.87. The Bertz CT molecular complexity index is 864. The van der Waals surface area contributed by atoms with Crippen molar-refractivity contribution in [2.24, 2.45) is 0 Å². The Hall–Kier alpha value is -1.49. The van der Waals surface area contributed by atoms with Gasteiger partial charge in [0.15, 0.2) is 19.7 Å². The van der Waals surface area contributed by atoms with Crippen molar-refractivity contribution >= 4 is 31.3 Å². The van der Waals surface area contributed by atoms with Crippen LogP contribution in [0, 0.1) is 0 Å². The lowest BCUT2D eigenvalue weighted by molar-refractivity contribution is -0.114. The Labute approximate surface area is 161 Å². The number of carbonyl (C=O) groups excluding carboxylic acids is 1. The van der Waals surface area contributed by atoms with Gasteiger partial charge in [-0.3, -0.25) is 4.79 Å². The molecule has 2 rings (SSSR count). The highest BCUT2D eigenvalue weighted by Crippen LogP contribution is 2.27. The van der Waals surface area contributed by atoms with E-state index in [1.807, 2.05) is 19.0 Å². The van der Waals surface area contributed by atoms with Crippen LogP contribution in [0.15, 0.2) is 29.2 Å². The van der Waals surface area contributed by atoms with E-state index >= 15 is 0 Å². The molecule has 1 fully saturated rings. The topological polar surface area (TPSA) is 113 Å². The minimum Gasteiger partial charge on any atom is -0.326 e. The zero-order valence-electron chi connectivity index (χ0n) is 15.8. The van der Waals surface area contributed by atoms with E-state index in [9.17, 15) is 21.6 Å². The van der Waals surface area contributed by atoms with Crippen LogP contribution in [0.4, 0.5) is 5.69 Å². The van der Waals surface area contributed by atoms with E-state index in [2.05, 4.69) is 10.6 Å². The van der Waals surface area contributed by atoms with Crippen molar-refractivity contribution < 1.29 is 21.6 Å². The van der Waals surface area contributed by atoms with Crippen LogP contribution < -0.4 is 10.6 Å². The van der Waals surface area contributed by atoms with Crippen LogP contribution in [0.2, 0.25) is 0 Å². The fourth-order valence-electron chi connectivity index (χ4n) is 3.10. The number of carbonyl (C=O) groups is 1. The molecule has 152 valence electrons. The minimum atomic E-state index is -3.82. The lowest BCUT2D eigenvalue weighted by Crippen LogP contribution is -2.44. The van der Waals surface area contributed by atoms with Crippen LogP contribution >= 0.6 is 0 Å². The van der Waals surface area contributed by atoms with Crippen LogP contribution in [-0.2, 0) is 24.5 Å². The van der Waals surface area contributed by atoms with Gasteiger partial charge in [0, 0.05) is 18.7 Å². The van der Waals surface area contributed by atoms with Gasteiger partial charge < -0.3 is 15.5 Å². The van der Waals surface area contributed by atoms with Crippen molar-refractivity contribution in [1.82, 2.24) is 10.2 Å². The Morgan fingerprint density at radius 2 is 1.81 bits per heavy atom. The SMILES string of the molecule is CC(=O)Nc1ccc(S(=O)(=O)[C@H]2CS(=O)(=O)C[C@@H]2NCCCN(C)C)cc1. The highest BCUT2D eigenvalue weighted by Gasteiger charge is 2.45. The lowest BCUT2D eigenvalue weighted by atomic mass is 10.2. The zero-order valence-corrected chi connectivity index (χ0v) is 17.4. The van der Waals surface area contributed by atoms with Gasteiger partial charge in [0.05, 0.1) is 21.7 Å². The number of benzene rings is 1. The van der Waals surface area contributed by atoms with Gasteiger partial charge >= 0.3 is 0 Å². The van der Waals surface area contributed by atoms with Gasteiger partial charge in [-0.15, -0.1) is 0 Å². The van der Waals surface area contributed by atoms with Crippen LogP contribution in [0.25, 0.3) is 0 Å². The van der Waals surface area contributed by atoms with Gasteiger partial charge in [0.1, 0.15) is 0 Å². The molecule has 1 heterocycles. The summed E-state index contributed by atoms with van der Waals surface area (Å²) in [5.74, 6) is -0.814. The number of hydrogen-bond donors (Lipinski definition) is 2. The first-order chi connectivity index (χ1) is 12.5. The molecule has 1 aromatic rings. The van der Waals surface area contributed by atoms with E-state index in [1.165, 1.54) is 31.2 Å². The summed E-state index contributed by atoms with van der Waals surface area (Å²) in [6.07, 6.45) is 0.793. The second-order valence-electron chi connectivity index (χ2n) is 7.08. The first-order valence-corrected chi connectivity index (χ1v) is 12.1. The molecule has 0 aromatic heterocycles. The first-order valence-electron chi connectivity index (χ1n) is 8.71. The quantitative estimate of drug-likeness (QED) is 0.578. The number of rotatable bonds is 8. The molecule has 1 aliphatic heterocycles. The molecule has 0 unspecified atom stereocenters. The summed E-state index contributed by atoms with van der Waals surface area (Å²) in [5.41, 5.74) is 0.485. The highest BCUT2D eigenvalue weighted by molar-refractivity contribution is 7.96. The van der Waals surface area contributed by atoms with Crippen molar-refractivity contribution in [3.63, 3.8) is 0 Å². The van der Waals surface area contributed by atoms with Crippen molar-refractivity contribution in [3.8, 4) is 0 Å². The number of hydrogen-bond acceptors (Lipinski definition) is 7. The zero-order chi connectivity index (χ0) is 20.2. The van der Waals surface area contributed by atoms with Gasteiger partial charge in [-0.1, -0.05) is 0 Å². The molecule has 0 aliphatic carbocycles. The Kier molecular flexibility index (Phi) is 7.01. The number of anilines is 1. The maximum atomic E-state index is 13.0. The molecular formula is C17H27N3O5S2. The van der Waals surface area contributed by atoms with Gasteiger partial charge in [-0.2, -0.15) is 0 Å². The van der Waals surface area contributed by atoms with Crippen molar-refractivity contribution in [1.29, 1.82) is 0 Å². The molecule has 0 saturated carbocycles. The number of nitrogens with zero attached hydrogens (tertiary/aromatic N) is 1. The van der Waals surface area contributed by atoms with E-state index in [0.717, 1.165) is 13.0 Å². The molecule has 0 spiro atoms. The molecule has 0 radical (unpaired) electrons. The smallest absolute Gasteiger partial charge is 0.221 e. The van der Waals surface area contributed by atoms with Gasteiger partial charge in [-0.05, 0) is 57.9 Å². The Balaban J connectivity index is 2.16. The third-order valence-corrected chi connectivity index (χ3v) is 8.56. The molecule has 0 bridgehead atoms. The van der Waals surface area contributed by atoms with Crippen molar-refractivity contribution in [3.05, 3.63) is 24.3 Å². The summed E-state index contributed by atoms with van der Waals surface area (Å²) >= 11 is 0. The van der Waals surface area contributed by atoms with Crippen molar-refractivity contribution in [2.45, 2.75) is 29.5 Å². The summed E-state index contributed by atoms with van der Waals surface area (Å²) in [7, 11) is -3.36. The van der Waals surface area contributed by atoms with E-state index in [0.29, 0.717) is 12.2 Å². The molecule has 1 amide bonds. The minimum absolute atomic E-state index is 0.0544. The third-order valence-electron chi connectivity index (χ3n) is 4.39. The fourth-order valence-corrected chi connectivity index (χ4v) is 7.82. The summed E-state index contributed by atoms with van der Waals surface area (Å²) in [4.78, 5) is 13.1. The maximum absolute atomic E-state index is 13.0. The van der Waals surface area contributed by atoms with Crippen LogP contribution in [0.3, 0.4) is 0 Å². The molecule has 2 atom stereocenters. The van der Waals surface area contributed by atoms with E-state index in [1.54, 1.807) is 0 Å². The van der Waals surface area contributed by atoms with E-state index in [-0.39, 0.29) is 22.3 Å². The summed E-state index contributed by atoms with van der Waals surface area (Å²) < 4.78 is 50.2. The highest BCUT2D eigenvalue weighted by atomic mass is 32.2. The predicted octanol–water partition coefficient (Wildman–Crippen LogP) is 0.126. The Morgan fingerprint density at radius 1 is 1.19 bits per heavy atom. The van der Waals surface area contributed by atoms with Crippen molar-refractivity contribution in [2.75, 3.05) is 44.0 Å². The van der Waals surface area contributed by atoms with E-state index in [4.69, 9.17) is 0 Å².